The molecule has 1 aliphatic heterocycles. The number of carbonyl (C=O) groups excluding carboxylic acids is 3. The third-order valence-corrected chi connectivity index (χ3v) is 6.57. The summed E-state index contributed by atoms with van der Waals surface area (Å²) in [4.78, 5) is 39.5. The van der Waals surface area contributed by atoms with E-state index in [0.717, 1.165) is 5.56 Å². The molecule has 0 bridgehead atoms. The molecule has 0 unspecified atom stereocenters. The van der Waals surface area contributed by atoms with E-state index in [9.17, 15) is 19.5 Å². The van der Waals surface area contributed by atoms with Gasteiger partial charge in [-0.2, -0.15) is 0 Å². The molecule has 1 heterocycles. The lowest BCUT2D eigenvalue weighted by molar-refractivity contribution is -0.162. The molecule has 1 aromatic rings. The van der Waals surface area contributed by atoms with Crippen molar-refractivity contribution in [1.82, 2.24) is 16.0 Å². The highest BCUT2D eigenvalue weighted by Crippen LogP contribution is 2.52. The molecule has 1 aromatic carbocycles. The van der Waals surface area contributed by atoms with Gasteiger partial charge in [0.25, 0.3) is 0 Å². The van der Waals surface area contributed by atoms with Gasteiger partial charge in [-0.15, -0.1) is 0 Å². The van der Waals surface area contributed by atoms with Crippen molar-refractivity contribution >= 4 is 18.0 Å². The third-order valence-electron chi connectivity index (χ3n) is 6.57. The average Bonchev–Trinajstić information content (AvgIpc) is 3.10. The monoisotopic (exact) mass is 475 g/mol. The van der Waals surface area contributed by atoms with Gasteiger partial charge < -0.3 is 30.5 Å². The van der Waals surface area contributed by atoms with Gasteiger partial charge in [0.1, 0.15) is 17.1 Å². The molecule has 3 rings (SSSR count). The van der Waals surface area contributed by atoms with Crippen LogP contribution in [0.3, 0.4) is 0 Å². The van der Waals surface area contributed by atoms with Crippen molar-refractivity contribution in [1.29, 1.82) is 0 Å². The van der Waals surface area contributed by atoms with E-state index in [2.05, 4.69) is 16.0 Å². The normalized spacial score (nSPS) is 30.6. The van der Waals surface area contributed by atoms with Gasteiger partial charge in [0, 0.05) is 12.6 Å². The van der Waals surface area contributed by atoms with Crippen molar-refractivity contribution < 1.29 is 29.0 Å². The highest BCUT2D eigenvalue weighted by molar-refractivity contribution is 5.97. The first-order chi connectivity index (χ1) is 15.9. The quantitative estimate of drug-likeness (QED) is 0.444. The molecule has 5 atom stereocenters. The fourth-order valence-electron chi connectivity index (χ4n) is 5.26. The van der Waals surface area contributed by atoms with Crippen LogP contribution in [0.1, 0.15) is 53.5 Å². The number of aliphatic hydroxyl groups is 1. The van der Waals surface area contributed by atoms with E-state index in [4.69, 9.17) is 9.47 Å². The van der Waals surface area contributed by atoms with Crippen LogP contribution in [-0.2, 0) is 25.6 Å². The van der Waals surface area contributed by atoms with Gasteiger partial charge in [-0.3, -0.25) is 9.59 Å². The number of benzene rings is 1. The molecule has 0 radical (unpaired) electrons. The van der Waals surface area contributed by atoms with Crippen molar-refractivity contribution in [2.45, 2.75) is 83.3 Å². The van der Waals surface area contributed by atoms with Crippen LogP contribution in [-0.4, -0.2) is 58.5 Å². The molecular weight excluding hydrogens is 438 g/mol. The average molecular weight is 476 g/mol. The molecule has 0 spiro atoms. The number of rotatable bonds is 7. The van der Waals surface area contributed by atoms with Gasteiger partial charge in [-0.05, 0) is 45.6 Å². The second-order valence-electron chi connectivity index (χ2n) is 10.5. The zero-order valence-corrected chi connectivity index (χ0v) is 20.8. The summed E-state index contributed by atoms with van der Waals surface area (Å²) in [5.74, 6) is -2.48. The second kappa shape index (κ2) is 9.54. The molecule has 2 fully saturated rings. The molecule has 2 amide bonds. The first-order valence-corrected chi connectivity index (χ1v) is 11.8. The number of carbonyl (C=O) groups is 3. The van der Waals surface area contributed by atoms with Crippen molar-refractivity contribution in [3.63, 3.8) is 0 Å². The number of hydrogen-bond donors (Lipinski definition) is 4. The van der Waals surface area contributed by atoms with Crippen LogP contribution >= 0.6 is 0 Å². The van der Waals surface area contributed by atoms with Crippen molar-refractivity contribution in [3.05, 3.63) is 35.9 Å². The predicted molar refractivity (Wildman–Crippen MR) is 126 cm³/mol. The number of ether oxygens (including phenoxy) is 2. The highest BCUT2D eigenvalue weighted by Gasteiger charge is 2.77. The lowest BCUT2D eigenvalue weighted by Crippen LogP contribution is -2.68. The number of hydrogen-bond acceptors (Lipinski definition) is 7. The third kappa shape index (κ3) is 4.63. The Morgan fingerprint density at radius 1 is 1.24 bits per heavy atom. The van der Waals surface area contributed by atoms with E-state index in [0.29, 0.717) is 6.54 Å². The van der Waals surface area contributed by atoms with Crippen molar-refractivity contribution in [2.75, 3.05) is 6.61 Å². The van der Waals surface area contributed by atoms with Gasteiger partial charge in [-0.25, -0.2) is 4.79 Å². The lowest BCUT2D eigenvalue weighted by atomic mass is 9.72. The summed E-state index contributed by atoms with van der Waals surface area (Å²) in [5, 5.41) is 21.1. The lowest BCUT2D eigenvalue weighted by Gasteiger charge is -2.41. The Bertz CT molecular complexity index is 915. The van der Waals surface area contributed by atoms with Crippen LogP contribution in [0.25, 0.3) is 0 Å². The zero-order chi connectivity index (χ0) is 25.3. The van der Waals surface area contributed by atoms with Crippen molar-refractivity contribution in [3.8, 4) is 0 Å². The van der Waals surface area contributed by atoms with E-state index in [1.165, 1.54) is 0 Å². The SMILES string of the molecule is CCOC(=O)[C@H]1[C@H](NCc2ccccc2)C[C@]2(NC(=O)OC(C)(C)C)C(=O)N[C@H](C(C)C)[C@]12O. The van der Waals surface area contributed by atoms with Gasteiger partial charge in [0.05, 0.1) is 12.6 Å². The number of fused-ring (bicyclic) bond motifs is 1. The summed E-state index contributed by atoms with van der Waals surface area (Å²) in [7, 11) is 0. The number of esters is 1. The molecule has 1 saturated carbocycles. The molecule has 0 aromatic heterocycles. The Labute approximate surface area is 201 Å². The summed E-state index contributed by atoms with van der Waals surface area (Å²) < 4.78 is 10.8. The summed E-state index contributed by atoms with van der Waals surface area (Å²) in [5.41, 5.74) is -3.53. The molecular formula is C25H37N3O6. The summed E-state index contributed by atoms with van der Waals surface area (Å²) in [6.45, 7) is 11.0. The summed E-state index contributed by atoms with van der Waals surface area (Å²) >= 11 is 0. The second-order valence-corrected chi connectivity index (χ2v) is 10.5. The number of amides is 2. The van der Waals surface area contributed by atoms with Crippen LogP contribution in [0.4, 0.5) is 4.79 Å². The first-order valence-electron chi connectivity index (χ1n) is 11.8. The first kappa shape index (κ1) is 26.0. The van der Waals surface area contributed by atoms with Gasteiger partial charge in [0.2, 0.25) is 5.91 Å². The van der Waals surface area contributed by atoms with Gasteiger partial charge in [0.15, 0.2) is 5.54 Å². The van der Waals surface area contributed by atoms with Crippen molar-refractivity contribution in [2.24, 2.45) is 11.8 Å². The maximum Gasteiger partial charge on any atom is 0.408 e. The van der Waals surface area contributed by atoms with Gasteiger partial charge in [-0.1, -0.05) is 44.2 Å². The molecule has 188 valence electrons. The topological polar surface area (TPSA) is 126 Å². The molecule has 2 aliphatic rings. The van der Waals surface area contributed by atoms with Crippen LogP contribution in [0.15, 0.2) is 30.3 Å². The van der Waals surface area contributed by atoms with Crippen LogP contribution in [0.5, 0.6) is 0 Å². The van der Waals surface area contributed by atoms with Crippen LogP contribution in [0.2, 0.25) is 0 Å². The zero-order valence-electron chi connectivity index (χ0n) is 20.8. The largest absolute Gasteiger partial charge is 0.466 e. The predicted octanol–water partition coefficient (Wildman–Crippen LogP) is 1.88. The Morgan fingerprint density at radius 2 is 1.88 bits per heavy atom. The van der Waals surface area contributed by atoms with E-state index in [1.807, 2.05) is 44.2 Å². The van der Waals surface area contributed by atoms with E-state index >= 15 is 0 Å². The molecule has 9 heteroatoms. The maximum atomic E-state index is 13.4. The van der Waals surface area contributed by atoms with E-state index in [-0.39, 0.29) is 18.9 Å². The Hall–Kier alpha value is -2.65. The minimum absolute atomic E-state index is 0.00584. The smallest absolute Gasteiger partial charge is 0.408 e. The molecule has 4 N–H and O–H groups in total. The fraction of sp³-hybridized carbons (Fsp3) is 0.640. The molecule has 9 nitrogen and oxygen atoms in total. The number of nitrogens with one attached hydrogen (secondary N) is 3. The number of alkyl carbamates (subject to hydrolysis) is 1. The Morgan fingerprint density at radius 3 is 2.44 bits per heavy atom. The fourth-order valence-corrected chi connectivity index (χ4v) is 5.26. The standard InChI is InChI=1S/C25H37N3O6/c1-7-33-20(29)18-17(26-14-16-11-9-8-10-12-16)13-24(28-22(31)34-23(4,5)6)21(30)27-19(15(2)3)25(18,24)32/h8-12,15,17-19,26,32H,7,13-14H2,1-6H3,(H,27,30)(H,28,31)/t17-,18-,19-,24+,25-/m1/s1. The highest BCUT2D eigenvalue weighted by atomic mass is 16.6. The molecule has 34 heavy (non-hydrogen) atoms. The molecule has 1 saturated heterocycles. The minimum atomic E-state index is -1.93. The summed E-state index contributed by atoms with van der Waals surface area (Å²) in [6, 6.07) is 8.18. The maximum absolute atomic E-state index is 13.4. The Kier molecular flexibility index (Phi) is 7.28. The van der Waals surface area contributed by atoms with E-state index < -0.39 is 52.7 Å². The van der Waals surface area contributed by atoms with Crippen LogP contribution in [0, 0.1) is 11.8 Å². The summed E-state index contributed by atoms with van der Waals surface area (Å²) in [6.07, 6.45) is -0.842. The molecule has 1 aliphatic carbocycles. The Balaban J connectivity index is 2.04. The van der Waals surface area contributed by atoms with Gasteiger partial charge >= 0.3 is 12.1 Å². The van der Waals surface area contributed by atoms with Crippen LogP contribution < -0.4 is 16.0 Å². The van der Waals surface area contributed by atoms with E-state index in [1.54, 1.807) is 27.7 Å². The minimum Gasteiger partial charge on any atom is -0.466 e.